The highest BCUT2D eigenvalue weighted by molar-refractivity contribution is 8.00. The lowest BCUT2D eigenvalue weighted by atomic mass is 9.99. The van der Waals surface area contributed by atoms with Crippen molar-refractivity contribution >= 4 is 11.8 Å². The maximum absolute atomic E-state index is 9.05. The molecule has 3 heteroatoms. The van der Waals surface area contributed by atoms with E-state index in [4.69, 9.17) is 10.00 Å². The highest BCUT2D eigenvalue weighted by Crippen LogP contribution is 2.38. The molecule has 1 aliphatic heterocycles. The zero-order chi connectivity index (χ0) is 9.19. The lowest BCUT2D eigenvalue weighted by Crippen LogP contribution is -2.38. The minimum atomic E-state index is -0.515. The van der Waals surface area contributed by atoms with E-state index in [1.54, 1.807) is 0 Å². The summed E-state index contributed by atoms with van der Waals surface area (Å²) < 4.78 is 5.68. The van der Waals surface area contributed by atoms with Gasteiger partial charge in [0.1, 0.15) is 0 Å². The number of rotatable bonds is 2. The van der Waals surface area contributed by atoms with Crippen molar-refractivity contribution < 1.29 is 4.74 Å². The minimum absolute atomic E-state index is 0.144. The van der Waals surface area contributed by atoms with E-state index in [0.29, 0.717) is 5.25 Å². The molecule has 12 heavy (non-hydrogen) atoms. The van der Waals surface area contributed by atoms with Crippen LogP contribution in [-0.2, 0) is 4.74 Å². The van der Waals surface area contributed by atoms with Gasteiger partial charge in [-0.05, 0) is 32.9 Å². The lowest BCUT2D eigenvalue weighted by molar-refractivity contribution is -0.0377. The first-order valence-corrected chi connectivity index (χ1v) is 5.36. The molecular weight excluding hydrogens is 170 g/mol. The van der Waals surface area contributed by atoms with Crippen molar-refractivity contribution in [2.75, 3.05) is 5.75 Å². The van der Waals surface area contributed by atoms with E-state index in [2.05, 4.69) is 13.0 Å². The van der Waals surface area contributed by atoms with Gasteiger partial charge in [0.15, 0.2) is 5.60 Å². The Kier molecular flexibility index (Phi) is 3.03. The molecule has 1 fully saturated rings. The highest BCUT2D eigenvalue weighted by Gasteiger charge is 2.43. The van der Waals surface area contributed by atoms with Crippen LogP contribution in [0.15, 0.2) is 0 Å². The Balaban J connectivity index is 2.69. The first-order chi connectivity index (χ1) is 5.60. The van der Waals surface area contributed by atoms with Crippen LogP contribution in [0.5, 0.6) is 0 Å². The Morgan fingerprint density at radius 1 is 1.67 bits per heavy atom. The van der Waals surface area contributed by atoms with Gasteiger partial charge in [-0.3, -0.25) is 0 Å². The normalized spacial score (nSPS) is 35.4. The molecule has 2 nitrogen and oxygen atoms in total. The van der Waals surface area contributed by atoms with E-state index >= 15 is 0 Å². The molecule has 0 amide bonds. The number of hydrogen-bond donors (Lipinski definition) is 0. The summed E-state index contributed by atoms with van der Waals surface area (Å²) in [7, 11) is 0. The van der Waals surface area contributed by atoms with Gasteiger partial charge in [-0.2, -0.15) is 17.0 Å². The first-order valence-electron chi connectivity index (χ1n) is 4.31. The number of thioether (sulfide) groups is 1. The van der Waals surface area contributed by atoms with Gasteiger partial charge in [0, 0.05) is 5.25 Å². The summed E-state index contributed by atoms with van der Waals surface area (Å²) in [6, 6.07) is 2.32. The second-order valence-corrected chi connectivity index (χ2v) is 4.88. The lowest BCUT2D eigenvalue weighted by Gasteiger charge is -2.27. The number of nitriles is 1. The van der Waals surface area contributed by atoms with Gasteiger partial charge >= 0.3 is 0 Å². The van der Waals surface area contributed by atoms with E-state index in [-0.39, 0.29) is 6.10 Å². The summed E-state index contributed by atoms with van der Waals surface area (Å²) >= 11 is 1.82. The molecule has 0 radical (unpaired) electrons. The Morgan fingerprint density at radius 3 is 2.67 bits per heavy atom. The maximum atomic E-state index is 9.05. The van der Waals surface area contributed by atoms with Crippen molar-refractivity contribution in [1.82, 2.24) is 0 Å². The number of nitrogens with zero attached hydrogens (tertiary/aromatic N) is 1. The van der Waals surface area contributed by atoms with Crippen molar-refractivity contribution in [2.24, 2.45) is 0 Å². The quantitative estimate of drug-likeness (QED) is 0.661. The zero-order valence-electron chi connectivity index (χ0n) is 7.83. The van der Waals surface area contributed by atoms with Crippen LogP contribution >= 0.6 is 11.8 Å². The monoisotopic (exact) mass is 185 g/mol. The minimum Gasteiger partial charge on any atom is -0.356 e. The SMILES string of the molecule is CC(C)OC1(C#N)CCSC1C. The van der Waals surface area contributed by atoms with Crippen molar-refractivity contribution in [3.8, 4) is 6.07 Å². The molecule has 1 saturated heterocycles. The van der Waals surface area contributed by atoms with Gasteiger partial charge in [0.25, 0.3) is 0 Å². The maximum Gasteiger partial charge on any atom is 0.166 e. The molecule has 0 spiro atoms. The van der Waals surface area contributed by atoms with Crippen LogP contribution in [0.2, 0.25) is 0 Å². The predicted octanol–water partition coefficient (Wildman–Crippen LogP) is 2.20. The molecular formula is C9H15NOS. The van der Waals surface area contributed by atoms with Gasteiger partial charge < -0.3 is 4.74 Å². The topological polar surface area (TPSA) is 33.0 Å². The van der Waals surface area contributed by atoms with Crippen LogP contribution in [-0.4, -0.2) is 22.7 Å². The third kappa shape index (κ3) is 1.75. The third-order valence-electron chi connectivity index (χ3n) is 2.13. The van der Waals surface area contributed by atoms with Gasteiger partial charge in [-0.1, -0.05) is 0 Å². The van der Waals surface area contributed by atoms with Crippen LogP contribution in [0.25, 0.3) is 0 Å². The summed E-state index contributed by atoms with van der Waals surface area (Å²) in [5.41, 5.74) is -0.515. The Hall–Kier alpha value is -0.200. The number of hydrogen-bond acceptors (Lipinski definition) is 3. The van der Waals surface area contributed by atoms with Gasteiger partial charge in [-0.15, -0.1) is 0 Å². The number of ether oxygens (including phenoxy) is 1. The fourth-order valence-corrected chi connectivity index (χ4v) is 2.74. The molecule has 68 valence electrons. The molecule has 2 atom stereocenters. The standard InChI is InChI=1S/C9H15NOS/c1-7(2)11-9(6-10)4-5-12-8(9)3/h7-8H,4-5H2,1-3H3. The second kappa shape index (κ2) is 3.68. The van der Waals surface area contributed by atoms with Crippen LogP contribution < -0.4 is 0 Å². The van der Waals surface area contributed by atoms with E-state index < -0.39 is 5.60 Å². The van der Waals surface area contributed by atoms with Crippen LogP contribution in [0, 0.1) is 11.3 Å². The fraction of sp³-hybridized carbons (Fsp3) is 0.889. The molecule has 1 heterocycles. The molecule has 0 aromatic heterocycles. The molecule has 1 rings (SSSR count). The summed E-state index contributed by atoms with van der Waals surface area (Å²) in [6.07, 6.45) is 1.01. The summed E-state index contributed by atoms with van der Waals surface area (Å²) in [6.45, 7) is 6.03. The first kappa shape index (κ1) is 9.88. The van der Waals surface area contributed by atoms with Crippen molar-refractivity contribution in [1.29, 1.82) is 5.26 Å². The van der Waals surface area contributed by atoms with Crippen molar-refractivity contribution in [3.63, 3.8) is 0 Å². The Labute approximate surface area is 78.3 Å². The van der Waals surface area contributed by atoms with Crippen molar-refractivity contribution in [3.05, 3.63) is 0 Å². The second-order valence-electron chi connectivity index (χ2n) is 3.43. The van der Waals surface area contributed by atoms with Crippen molar-refractivity contribution in [2.45, 2.75) is 44.1 Å². The zero-order valence-corrected chi connectivity index (χ0v) is 8.65. The summed E-state index contributed by atoms with van der Waals surface area (Å²) in [5.74, 6) is 1.04. The van der Waals surface area contributed by atoms with E-state index in [9.17, 15) is 0 Å². The van der Waals surface area contributed by atoms with Crippen LogP contribution in [0.3, 0.4) is 0 Å². The molecule has 0 N–H and O–H groups in total. The molecule has 2 unspecified atom stereocenters. The van der Waals surface area contributed by atoms with E-state index in [1.165, 1.54) is 0 Å². The fourth-order valence-electron chi connectivity index (χ4n) is 1.47. The summed E-state index contributed by atoms with van der Waals surface area (Å²) in [5, 5.41) is 9.36. The smallest absolute Gasteiger partial charge is 0.166 e. The van der Waals surface area contributed by atoms with Crippen LogP contribution in [0.1, 0.15) is 27.2 Å². The molecule has 0 aliphatic carbocycles. The average Bonchev–Trinajstić information content (AvgIpc) is 2.32. The molecule has 0 aromatic carbocycles. The van der Waals surface area contributed by atoms with E-state index in [1.807, 2.05) is 25.6 Å². The van der Waals surface area contributed by atoms with Gasteiger partial charge in [0.05, 0.1) is 12.2 Å². The molecule has 0 saturated carbocycles. The van der Waals surface area contributed by atoms with Gasteiger partial charge in [-0.25, -0.2) is 0 Å². The van der Waals surface area contributed by atoms with E-state index in [0.717, 1.165) is 12.2 Å². The molecule has 1 aliphatic rings. The summed E-state index contributed by atoms with van der Waals surface area (Å²) in [4.78, 5) is 0. The molecule has 0 bridgehead atoms. The Morgan fingerprint density at radius 2 is 2.33 bits per heavy atom. The average molecular weight is 185 g/mol. The van der Waals surface area contributed by atoms with Crippen LogP contribution in [0.4, 0.5) is 0 Å². The largest absolute Gasteiger partial charge is 0.356 e. The Bertz CT molecular complexity index is 199. The highest BCUT2D eigenvalue weighted by atomic mass is 32.2. The van der Waals surface area contributed by atoms with Gasteiger partial charge in [0.2, 0.25) is 0 Å². The molecule has 0 aromatic rings. The third-order valence-corrected chi connectivity index (χ3v) is 3.45. The predicted molar refractivity (Wildman–Crippen MR) is 51.1 cm³/mol.